The Balaban J connectivity index is 2.27. The molecule has 0 N–H and O–H groups in total. The van der Waals surface area contributed by atoms with Gasteiger partial charge < -0.3 is 0 Å². The van der Waals surface area contributed by atoms with Gasteiger partial charge >= 0.3 is 0 Å². The number of thiophene rings is 1. The van der Waals surface area contributed by atoms with Gasteiger partial charge in [-0.2, -0.15) is 0 Å². The topological polar surface area (TPSA) is 43.1 Å². The number of aryl methyl sites for hydroxylation is 1. The molecule has 4 heteroatoms. The third-order valence-corrected chi connectivity index (χ3v) is 3.63. The predicted octanol–water partition coefficient (Wildman–Crippen LogP) is 3.92. The van der Waals surface area contributed by atoms with Gasteiger partial charge in [0.1, 0.15) is 0 Å². The molecular formula is C14H13NO2S. The fourth-order valence-corrected chi connectivity index (χ4v) is 2.53. The zero-order valence-electron chi connectivity index (χ0n) is 10.00. The molecule has 0 aliphatic carbocycles. The molecule has 0 spiro atoms. The Hall–Kier alpha value is -1.94. The molecule has 0 atom stereocenters. The average Bonchev–Trinajstić information content (AvgIpc) is 2.75. The van der Waals surface area contributed by atoms with Crippen molar-refractivity contribution in [2.75, 3.05) is 0 Å². The van der Waals surface area contributed by atoms with Crippen molar-refractivity contribution >= 4 is 17.4 Å². The van der Waals surface area contributed by atoms with Crippen molar-refractivity contribution in [3.05, 3.63) is 73.6 Å². The maximum atomic E-state index is 11.1. The van der Waals surface area contributed by atoms with Crippen molar-refractivity contribution in [2.45, 2.75) is 13.3 Å². The van der Waals surface area contributed by atoms with E-state index in [2.05, 4.69) is 0 Å². The summed E-state index contributed by atoms with van der Waals surface area (Å²) in [5.74, 6) is 0. The summed E-state index contributed by atoms with van der Waals surface area (Å²) in [7, 11) is 0. The zero-order chi connectivity index (χ0) is 13.0. The number of hydrogen-bond donors (Lipinski definition) is 0. The minimum Gasteiger partial charge on any atom is -0.259 e. The summed E-state index contributed by atoms with van der Waals surface area (Å²) >= 11 is 1.53. The average molecular weight is 259 g/mol. The highest BCUT2D eigenvalue weighted by Gasteiger charge is 2.12. The van der Waals surface area contributed by atoms with Gasteiger partial charge in [0, 0.05) is 11.0 Å². The molecule has 0 saturated heterocycles. The van der Waals surface area contributed by atoms with Gasteiger partial charge in [0.15, 0.2) is 0 Å². The molecule has 1 aromatic heterocycles. The van der Waals surface area contributed by atoms with Crippen molar-refractivity contribution < 1.29 is 4.92 Å². The van der Waals surface area contributed by atoms with Crippen LogP contribution in [0.1, 0.15) is 16.0 Å². The molecule has 2 aromatic rings. The normalized spacial score (nSPS) is 11.5. The summed E-state index contributed by atoms with van der Waals surface area (Å²) < 4.78 is 0. The van der Waals surface area contributed by atoms with E-state index in [-0.39, 0.29) is 10.6 Å². The van der Waals surface area contributed by atoms with Crippen LogP contribution in [0.15, 0.2) is 47.5 Å². The summed E-state index contributed by atoms with van der Waals surface area (Å²) in [6, 6.07) is 11.5. The van der Waals surface area contributed by atoms with Crippen LogP contribution in [0.3, 0.4) is 0 Å². The molecule has 18 heavy (non-hydrogen) atoms. The molecular weight excluding hydrogens is 246 g/mol. The van der Waals surface area contributed by atoms with Crippen LogP contribution in [0.2, 0.25) is 0 Å². The third-order valence-electron chi connectivity index (χ3n) is 2.66. The Labute approximate surface area is 110 Å². The minimum absolute atomic E-state index is 0.228. The second-order valence-corrected chi connectivity index (χ2v) is 4.97. The first-order valence-corrected chi connectivity index (χ1v) is 6.48. The first kappa shape index (κ1) is 12.5. The zero-order valence-corrected chi connectivity index (χ0v) is 10.8. The van der Waals surface area contributed by atoms with Crippen LogP contribution in [-0.2, 0) is 6.42 Å². The SMILES string of the molecule is Cc1ccsc1C=C(Cc1ccccc1)[N+](=O)[O-]. The Kier molecular flexibility index (Phi) is 3.89. The van der Waals surface area contributed by atoms with Crippen LogP contribution in [0.4, 0.5) is 0 Å². The first-order valence-electron chi connectivity index (χ1n) is 5.60. The number of benzene rings is 1. The molecule has 0 aliphatic heterocycles. The van der Waals surface area contributed by atoms with Crippen molar-refractivity contribution in [1.82, 2.24) is 0 Å². The second kappa shape index (κ2) is 5.60. The van der Waals surface area contributed by atoms with Gasteiger partial charge in [-0.1, -0.05) is 30.3 Å². The molecule has 1 aromatic carbocycles. The smallest absolute Gasteiger partial charge is 0.252 e. The molecule has 0 unspecified atom stereocenters. The van der Waals surface area contributed by atoms with E-state index >= 15 is 0 Å². The molecule has 3 nitrogen and oxygen atoms in total. The first-order chi connectivity index (χ1) is 8.66. The van der Waals surface area contributed by atoms with E-state index in [0.29, 0.717) is 6.42 Å². The molecule has 0 aliphatic rings. The third kappa shape index (κ3) is 3.05. The van der Waals surface area contributed by atoms with Crippen LogP contribution in [0.25, 0.3) is 6.08 Å². The molecule has 0 bridgehead atoms. The van der Waals surface area contributed by atoms with Gasteiger partial charge in [0.2, 0.25) is 0 Å². The molecule has 0 amide bonds. The van der Waals surface area contributed by atoms with Gasteiger partial charge in [0.05, 0.1) is 11.3 Å². The molecule has 92 valence electrons. The van der Waals surface area contributed by atoms with E-state index in [9.17, 15) is 10.1 Å². The van der Waals surface area contributed by atoms with Crippen molar-refractivity contribution in [1.29, 1.82) is 0 Å². The largest absolute Gasteiger partial charge is 0.259 e. The molecule has 0 radical (unpaired) electrons. The highest BCUT2D eigenvalue weighted by atomic mass is 32.1. The lowest BCUT2D eigenvalue weighted by molar-refractivity contribution is -0.425. The van der Waals surface area contributed by atoms with Crippen molar-refractivity contribution in [2.24, 2.45) is 0 Å². The number of nitro groups is 1. The highest BCUT2D eigenvalue weighted by Crippen LogP contribution is 2.21. The second-order valence-electron chi connectivity index (χ2n) is 4.02. The van der Waals surface area contributed by atoms with E-state index in [1.807, 2.05) is 48.7 Å². The standard InChI is InChI=1S/C14H13NO2S/c1-11-7-8-18-14(11)10-13(15(16)17)9-12-5-3-2-4-6-12/h2-8,10H,9H2,1H3. The van der Waals surface area contributed by atoms with E-state index in [1.54, 1.807) is 6.08 Å². The predicted molar refractivity (Wildman–Crippen MR) is 74.2 cm³/mol. The molecule has 0 saturated carbocycles. The van der Waals surface area contributed by atoms with Gasteiger partial charge in [-0.25, -0.2) is 0 Å². The minimum atomic E-state index is -0.299. The van der Waals surface area contributed by atoms with Crippen molar-refractivity contribution in [3.8, 4) is 0 Å². The van der Waals surface area contributed by atoms with Crippen LogP contribution >= 0.6 is 11.3 Å². The lowest BCUT2D eigenvalue weighted by Crippen LogP contribution is -2.02. The maximum Gasteiger partial charge on any atom is 0.252 e. The van der Waals surface area contributed by atoms with Gasteiger partial charge in [-0.15, -0.1) is 11.3 Å². The van der Waals surface area contributed by atoms with Gasteiger partial charge in [0.25, 0.3) is 5.70 Å². The monoisotopic (exact) mass is 259 g/mol. The fourth-order valence-electron chi connectivity index (χ4n) is 1.66. The van der Waals surface area contributed by atoms with E-state index in [4.69, 9.17) is 0 Å². The Morgan fingerprint density at radius 1 is 1.33 bits per heavy atom. The Bertz CT molecular complexity index is 572. The Morgan fingerprint density at radius 3 is 2.61 bits per heavy atom. The van der Waals surface area contributed by atoms with E-state index in [1.165, 1.54) is 11.3 Å². The van der Waals surface area contributed by atoms with E-state index < -0.39 is 0 Å². The number of nitrogens with zero attached hydrogens (tertiary/aromatic N) is 1. The highest BCUT2D eigenvalue weighted by molar-refractivity contribution is 7.11. The van der Waals surface area contributed by atoms with Crippen molar-refractivity contribution in [3.63, 3.8) is 0 Å². The van der Waals surface area contributed by atoms with Crippen LogP contribution < -0.4 is 0 Å². The number of rotatable bonds is 4. The molecule has 0 fully saturated rings. The summed E-state index contributed by atoms with van der Waals surface area (Å²) in [6.07, 6.45) is 2.03. The van der Waals surface area contributed by atoms with Gasteiger partial charge in [-0.3, -0.25) is 10.1 Å². The van der Waals surface area contributed by atoms with Crippen LogP contribution in [0, 0.1) is 17.0 Å². The summed E-state index contributed by atoms with van der Waals surface area (Å²) in [4.78, 5) is 11.7. The number of allylic oxidation sites excluding steroid dienone is 1. The lowest BCUT2D eigenvalue weighted by Gasteiger charge is -1.99. The quantitative estimate of drug-likeness (QED) is 0.617. The summed E-state index contributed by atoms with van der Waals surface area (Å²) in [5, 5.41) is 13.0. The maximum absolute atomic E-state index is 11.1. The summed E-state index contributed by atoms with van der Waals surface area (Å²) in [5.41, 5.74) is 2.26. The van der Waals surface area contributed by atoms with Crippen LogP contribution in [-0.4, -0.2) is 4.92 Å². The van der Waals surface area contributed by atoms with Crippen LogP contribution in [0.5, 0.6) is 0 Å². The molecule has 2 rings (SSSR count). The van der Waals surface area contributed by atoms with Gasteiger partial charge in [-0.05, 0) is 29.5 Å². The van der Waals surface area contributed by atoms with E-state index in [0.717, 1.165) is 16.0 Å². The Morgan fingerprint density at radius 2 is 2.06 bits per heavy atom. The molecule has 1 heterocycles. The number of hydrogen-bond acceptors (Lipinski definition) is 3. The fraction of sp³-hybridized carbons (Fsp3) is 0.143. The lowest BCUT2D eigenvalue weighted by atomic mass is 10.1. The summed E-state index contributed by atoms with van der Waals surface area (Å²) in [6.45, 7) is 1.96.